The lowest BCUT2D eigenvalue weighted by atomic mass is 10.2. The Morgan fingerprint density at radius 3 is 3.00 bits per heavy atom. The molecule has 0 fully saturated rings. The monoisotopic (exact) mass is 149 g/mol. The van der Waals surface area contributed by atoms with Gasteiger partial charge >= 0.3 is 0 Å². The predicted molar refractivity (Wildman–Crippen MR) is 44.8 cm³/mol. The maximum atomic E-state index is 10.7. The van der Waals surface area contributed by atoms with E-state index >= 15 is 0 Å². The summed E-state index contributed by atoms with van der Waals surface area (Å²) in [7, 11) is 0. The van der Waals surface area contributed by atoms with Crippen LogP contribution in [0.25, 0.3) is 0 Å². The molecule has 0 spiro atoms. The molecule has 0 aromatic carbocycles. The average molecular weight is 149 g/mol. The fourth-order valence-corrected chi connectivity index (χ4v) is 0.873. The second kappa shape index (κ2) is 3.76. The first-order valence-corrected chi connectivity index (χ1v) is 3.57. The minimum absolute atomic E-state index is 0.174. The lowest BCUT2D eigenvalue weighted by Crippen LogP contribution is -2.07. The van der Waals surface area contributed by atoms with E-state index in [0.29, 0.717) is 6.42 Å². The van der Waals surface area contributed by atoms with E-state index in [1.807, 2.05) is 30.5 Å². The second-order valence-electron chi connectivity index (χ2n) is 2.46. The van der Waals surface area contributed by atoms with Crippen molar-refractivity contribution in [3.05, 3.63) is 36.2 Å². The van der Waals surface area contributed by atoms with Gasteiger partial charge in [0.1, 0.15) is 5.78 Å². The van der Waals surface area contributed by atoms with E-state index in [9.17, 15) is 4.79 Å². The van der Waals surface area contributed by atoms with Gasteiger partial charge in [-0.1, -0.05) is 12.2 Å². The fourth-order valence-electron chi connectivity index (χ4n) is 0.873. The molecule has 11 heavy (non-hydrogen) atoms. The van der Waals surface area contributed by atoms with E-state index in [1.165, 1.54) is 0 Å². The van der Waals surface area contributed by atoms with Crippen molar-refractivity contribution in [2.24, 2.45) is 0 Å². The maximum absolute atomic E-state index is 10.7. The van der Waals surface area contributed by atoms with Crippen LogP contribution in [0, 0.1) is 0 Å². The highest BCUT2D eigenvalue weighted by atomic mass is 16.1. The molecule has 2 heteroatoms. The first kappa shape index (κ1) is 7.79. The number of carbonyl (C=O) groups is 1. The SMILES string of the molecule is CC(=O)CC1=CC=CC=CN1. The standard InChI is InChI=1S/C9H11NO/c1-8(11)7-9-5-3-2-4-6-10-9/h2-6,10H,7H2,1H3. The van der Waals surface area contributed by atoms with Gasteiger partial charge in [0.05, 0.1) is 0 Å². The molecule has 0 aromatic rings. The van der Waals surface area contributed by atoms with Crippen LogP contribution in [0.2, 0.25) is 0 Å². The van der Waals surface area contributed by atoms with Gasteiger partial charge in [0.2, 0.25) is 0 Å². The van der Waals surface area contributed by atoms with Crippen LogP contribution >= 0.6 is 0 Å². The molecule has 2 nitrogen and oxygen atoms in total. The lowest BCUT2D eigenvalue weighted by Gasteiger charge is -2.01. The summed E-state index contributed by atoms with van der Waals surface area (Å²) in [6.07, 6.45) is 9.92. The smallest absolute Gasteiger partial charge is 0.135 e. The number of ketones is 1. The summed E-state index contributed by atoms with van der Waals surface area (Å²) in [5, 5.41) is 3.01. The van der Waals surface area contributed by atoms with Gasteiger partial charge in [0, 0.05) is 18.3 Å². The predicted octanol–water partition coefficient (Wildman–Crippen LogP) is 1.52. The minimum Gasteiger partial charge on any atom is -0.365 e. The van der Waals surface area contributed by atoms with Crippen LogP contribution < -0.4 is 5.32 Å². The Morgan fingerprint density at radius 1 is 1.45 bits per heavy atom. The van der Waals surface area contributed by atoms with Gasteiger partial charge in [-0.25, -0.2) is 0 Å². The number of rotatable bonds is 2. The Morgan fingerprint density at radius 2 is 2.27 bits per heavy atom. The van der Waals surface area contributed by atoms with E-state index in [0.717, 1.165) is 5.70 Å². The van der Waals surface area contributed by atoms with Gasteiger partial charge in [-0.2, -0.15) is 0 Å². The zero-order chi connectivity index (χ0) is 8.10. The zero-order valence-electron chi connectivity index (χ0n) is 6.50. The third-order valence-electron chi connectivity index (χ3n) is 1.32. The third-order valence-corrected chi connectivity index (χ3v) is 1.32. The van der Waals surface area contributed by atoms with Crippen molar-refractivity contribution in [1.82, 2.24) is 5.32 Å². The van der Waals surface area contributed by atoms with E-state index in [4.69, 9.17) is 0 Å². The molecule has 1 aliphatic heterocycles. The summed E-state index contributed by atoms with van der Waals surface area (Å²) in [5.41, 5.74) is 0.947. The van der Waals surface area contributed by atoms with Crippen molar-refractivity contribution in [3.8, 4) is 0 Å². The highest BCUT2D eigenvalue weighted by Crippen LogP contribution is 2.00. The number of nitrogens with one attached hydrogen (secondary N) is 1. The molecule has 0 bridgehead atoms. The van der Waals surface area contributed by atoms with Crippen LogP contribution in [-0.2, 0) is 4.79 Å². The molecule has 0 aromatic heterocycles. The highest BCUT2D eigenvalue weighted by molar-refractivity contribution is 5.78. The van der Waals surface area contributed by atoms with Crippen LogP contribution in [0.4, 0.5) is 0 Å². The highest BCUT2D eigenvalue weighted by Gasteiger charge is 1.98. The summed E-state index contributed by atoms with van der Waals surface area (Å²) in [5.74, 6) is 0.174. The van der Waals surface area contributed by atoms with E-state index in [1.54, 1.807) is 6.92 Å². The molecule has 0 unspecified atom stereocenters. The Kier molecular flexibility index (Phi) is 2.66. The molecule has 58 valence electrons. The van der Waals surface area contributed by atoms with E-state index in [2.05, 4.69) is 5.32 Å². The van der Waals surface area contributed by atoms with Crippen molar-refractivity contribution < 1.29 is 4.79 Å². The van der Waals surface area contributed by atoms with Gasteiger partial charge in [-0.3, -0.25) is 4.79 Å². The van der Waals surface area contributed by atoms with Crippen molar-refractivity contribution in [1.29, 1.82) is 0 Å². The molecule has 1 aliphatic rings. The number of allylic oxidation sites excluding steroid dienone is 5. The van der Waals surface area contributed by atoms with Crippen LogP contribution in [0.3, 0.4) is 0 Å². The second-order valence-corrected chi connectivity index (χ2v) is 2.46. The normalized spacial score (nSPS) is 15.2. The van der Waals surface area contributed by atoms with E-state index in [-0.39, 0.29) is 5.78 Å². The molecular weight excluding hydrogens is 138 g/mol. The summed E-state index contributed by atoms with van der Waals surface area (Å²) < 4.78 is 0. The van der Waals surface area contributed by atoms with Crippen LogP contribution in [0.5, 0.6) is 0 Å². The minimum atomic E-state index is 0.174. The van der Waals surface area contributed by atoms with Gasteiger partial charge < -0.3 is 5.32 Å². The Hall–Kier alpha value is -1.31. The first-order chi connectivity index (χ1) is 5.29. The summed E-state index contributed by atoms with van der Waals surface area (Å²) in [6.45, 7) is 1.58. The van der Waals surface area contributed by atoms with Crippen molar-refractivity contribution in [3.63, 3.8) is 0 Å². The van der Waals surface area contributed by atoms with Gasteiger partial charge in [-0.15, -0.1) is 0 Å². The Balaban J connectivity index is 2.57. The van der Waals surface area contributed by atoms with Crippen molar-refractivity contribution >= 4 is 5.78 Å². The molecule has 0 atom stereocenters. The summed E-state index contributed by atoms with van der Waals surface area (Å²) >= 11 is 0. The van der Waals surface area contributed by atoms with E-state index < -0.39 is 0 Å². The number of Topliss-reactive ketones (excluding diaryl/α,β-unsaturated/α-hetero) is 1. The van der Waals surface area contributed by atoms with Crippen LogP contribution in [0.1, 0.15) is 13.3 Å². The number of hydrogen-bond donors (Lipinski definition) is 1. The summed E-state index contributed by atoms with van der Waals surface area (Å²) in [6, 6.07) is 0. The van der Waals surface area contributed by atoms with Crippen LogP contribution in [-0.4, -0.2) is 5.78 Å². The molecule has 0 radical (unpaired) electrons. The van der Waals surface area contributed by atoms with Gasteiger partial charge in [-0.05, 0) is 19.1 Å². The average Bonchev–Trinajstić information content (AvgIpc) is 2.14. The Labute approximate surface area is 66.3 Å². The zero-order valence-corrected chi connectivity index (χ0v) is 6.50. The molecule has 1 rings (SSSR count). The van der Waals surface area contributed by atoms with Gasteiger partial charge in [0.25, 0.3) is 0 Å². The van der Waals surface area contributed by atoms with Crippen molar-refractivity contribution in [2.45, 2.75) is 13.3 Å². The van der Waals surface area contributed by atoms with Gasteiger partial charge in [0.15, 0.2) is 0 Å². The van der Waals surface area contributed by atoms with Crippen LogP contribution in [0.15, 0.2) is 36.2 Å². The maximum Gasteiger partial charge on any atom is 0.135 e. The largest absolute Gasteiger partial charge is 0.365 e. The fraction of sp³-hybridized carbons (Fsp3) is 0.222. The lowest BCUT2D eigenvalue weighted by molar-refractivity contribution is -0.116. The molecule has 0 saturated carbocycles. The molecule has 0 saturated heterocycles. The number of hydrogen-bond acceptors (Lipinski definition) is 2. The third kappa shape index (κ3) is 2.85. The quantitative estimate of drug-likeness (QED) is 0.645. The molecule has 0 aliphatic carbocycles. The van der Waals surface area contributed by atoms with Crippen molar-refractivity contribution in [2.75, 3.05) is 0 Å². The molecule has 0 amide bonds. The molecule has 1 heterocycles. The molecule has 1 N–H and O–H groups in total. The first-order valence-electron chi connectivity index (χ1n) is 3.57. The molecular formula is C9H11NO. The summed E-state index contributed by atoms with van der Waals surface area (Å²) in [4.78, 5) is 10.7. The number of carbonyl (C=O) groups excluding carboxylic acids is 1. The Bertz CT molecular complexity index is 236. The topological polar surface area (TPSA) is 29.1 Å².